The Morgan fingerprint density at radius 1 is 1.53 bits per heavy atom. The summed E-state index contributed by atoms with van der Waals surface area (Å²) in [6, 6.07) is 1.68. The Balaban J connectivity index is 2.87. The van der Waals surface area contributed by atoms with E-state index in [2.05, 4.69) is 9.71 Å². The van der Waals surface area contributed by atoms with E-state index in [0.29, 0.717) is 5.69 Å². The first-order valence-corrected chi connectivity index (χ1v) is 6.04. The van der Waals surface area contributed by atoms with Gasteiger partial charge in [0.15, 0.2) is 0 Å². The summed E-state index contributed by atoms with van der Waals surface area (Å²) in [5.74, 6) is 0. The van der Waals surface area contributed by atoms with Crippen LogP contribution in [0.4, 0.5) is 5.69 Å². The van der Waals surface area contributed by atoms with Gasteiger partial charge in [0, 0.05) is 6.20 Å². The second-order valence-corrected chi connectivity index (χ2v) is 5.49. The van der Waals surface area contributed by atoms with Crippen LogP contribution in [0.15, 0.2) is 18.5 Å². The van der Waals surface area contributed by atoms with Crippen LogP contribution >= 0.6 is 0 Å². The van der Waals surface area contributed by atoms with E-state index in [0.717, 1.165) is 5.56 Å². The highest BCUT2D eigenvalue weighted by Crippen LogP contribution is 2.11. The number of anilines is 1. The molecule has 1 aromatic rings. The van der Waals surface area contributed by atoms with Crippen molar-refractivity contribution in [1.29, 1.82) is 0 Å². The molecule has 0 bridgehead atoms. The normalized spacial score (nSPS) is 13.5. The standard InChI is InChI=1S/C9H14N2O3S/c1-7-3-9(5-10-4-7)11-15(13,14)8(2)6-12/h3-5,8,11-12H,6H2,1-2H3. The number of nitrogens with zero attached hydrogens (tertiary/aromatic N) is 1. The molecule has 84 valence electrons. The smallest absolute Gasteiger partial charge is 0.237 e. The van der Waals surface area contributed by atoms with Crippen molar-refractivity contribution in [2.75, 3.05) is 11.3 Å². The van der Waals surface area contributed by atoms with Gasteiger partial charge in [-0.05, 0) is 25.5 Å². The maximum Gasteiger partial charge on any atom is 0.237 e. The van der Waals surface area contributed by atoms with Crippen LogP contribution in [-0.2, 0) is 10.0 Å². The van der Waals surface area contributed by atoms with Crippen LogP contribution in [0.25, 0.3) is 0 Å². The Kier molecular flexibility index (Phi) is 3.65. The van der Waals surface area contributed by atoms with Crippen LogP contribution in [0.2, 0.25) is 0 Å². The summed E-state index contributed by atoms with van der Waals surface area (Å²) in [4.78, 5) is 3.86. The Morgan fingerprint density at radius 2 is 2.20 bits per heavy atom. The molecule has 0 aliphatic heterocycles. The van der Waals surface area contributed by atoms with Crippen molar-refractivity contribution < 1.29 is 13.5 Å². The van der Waals surface area contributed by atoms with Gasteiger partial charge in [-0.25, -0.2) is 8.42 Å². The fourth-order valence-electron chi connectivity index (χ4n) is 0.974. The van der Waals surface area contributed by atoms with E-state index in [1.165, 1.54) is 13.1 Å². The average Bonchev–Trinajstić information content (AvgIpc) is 2.15. The molecule has 15 heavy (non-hydrogen) atoms. The SMILES string of the molecule is Cc1cncc(NS(=O)(=O)C(C)CO)c1. The number of aliphatic hydroxyl groups is 1. The summed E-state index contributed by atoms with van der Waals surface area (Å²) >= 11 is 0. The minimum absolute atomic E-state index is 0.408. The van der Waals surface area contributed by atoms with Gasteiger partial charge in [0.05, 0.1) is 18.5 Å². The fraction of sp³-hybridized carbons (Fsp3) is 0.444. The van der Waals surface area contributed by atoms with Gasteiger partial charge in [-0.1, -0.05) is 0 Å². The summed E-state index contributed by atoms with van der Waals surface area (Å²) in [6.07, 6.45) is 3.06. The van der Waals surface area contributed by atoms with E-state index in [-0.39, 0.29) is 0 Å². The highest BCUT2D eigenvalue weighted by atomic mass is 32.2. The molecule has 5 nitrogen and oxygen atoms in total. The Hall–Kier alpha value is -1.14. The van der Waals surface area contributed by atoms with Gasteiger partial charge in [0.1, 0.15) is 5.25 Å². The molecule has 1 atom stereocenters. The van der Waals surface area contributed by atoms with Crippen molar-refractivity contribution in [3.05, 3.63) is 24.0 Å². The predicted octanol–water partition coefficient (Wildman–Crippen LogP) is 0.513. The summed E-state index contributed by atoms with van der Waals surface area (Å²) in [6.45, 7) is 2.85. The van der Waals surface area contributed by atoms with Crippen molar-refractivity contribution in [3.8, 4) is 0 Å². The van der Waals surface area contributed by atoms with Crippen molar-refractivity contribution in [2.45, 2.75) is 19.1 Å². The number of aliphatic hydroxyl groups excluding tert-OH is 1. The van der Waals surface area contributed by atoms with E-state index >= 15 is 0 Å². The molecular formula is C9H14N2O3S. The zero-order valence-corrected chi connectivity index (χ0v) is 9.45. The third-order valence-electron chi connectivity index (χ3n) is 1.92. The molecule has 1 aromatic heterocycles. The number of aryl methyl sites for hydroxylation is 1. The zero-order valence-electron chi connectivity index (χ0n) is 8.64. The second-order valence-electron chi connectivity index (χ2n) is 3.39. The van der Waals surface area contributed by atoms with E-state index in [1.807, 2.05) is 6.92 Å². The topological polar surface area (TPSA) is 79.3 Å². The maximum atomic E-state index is 11.5. The highest BCUT2D eigenvalue weighted by molar-refractivity contribution is 7.93. The zero-order chi connectivity index (χ0) is 11.5. The molecule has 0 saturated heterocycles. The molecule has 0 aromatic carbocycles. The molecule has 1 heterocycles. The van der Waals surface area contributed by atoms with E-state index in [4.69, 9.17) is 5.11 Å². The summed E-state index contributed by atoms with van der Waals surface area (Å²) in [5.41, 5.74) is 1.28. The molecule has 0 fully saturated rings. The fourth-order valence-corrected chi connectivity index (χ4v) is 1.81. The first kappa shape index (κ1) is 11.9. The first-order valence-electron chi connectivity index (χ1n) is 4.50. The van der Waals surface area contributed by atoms with Crippen molar-refractivity contribution in [1.82, 2.24) is 4.98 Å². The van der Waals surface area contributed by atoms with Gasteiger partial charge in [0.25, 0.3) is 0 Å². The molecule has 0 amide bonds. The van der Waals surface area contributed by atoms with Crippen molar-refractivity contribution in [2.24, 2.45) is 0 Å². The van der Waals surface area contributed by atoms with Crippen LogP contribution in [-0.4, -0.2) is 30.4 Å². The highest BCUT2D eigenvalue weighted by Gasteiger charge is 2.19. The number of sulfonamides is 1. The lowest BCUT2D eigenvalue weighted by molar-refractivity contribution is 0.296. The van der Waals surface area contributed by atoms with E-state index in [9.17, 15) is 8.42 Å². The molecule has 0 spiro atoms. The first-order chi connectivity index (χ1) is 6.95. The van der Waals surface area contributed by atoms with Gasteiger partial charge >= 0.3 is 0 Å². The summed E-state index contributed by atoms with van der Waals surface area (Å²) in [5, 5.41) is 7.93. The molecule has 0 saturated carbocycles. The predicted molar refractivity (Wildman–Crippen MR) is 58.1 cm³/mol. The van der Waals surface area contributed by atoms with Gasteiger partial charge in [-0.15, -0.1) is 0 Å². The second kappa shape index (κ2) is 4.59. The minimum atomic E-state index is -3.52. The number of aromatic nitrogens is 1. The van der Waals surface area contributed by atoms with Crippen LogP contribution in [0.1, 0.15) is 12.5 Å². The van der Waals surface area contributed by atoms with Gasteiger partial charge in [-0.2, -0.15) is 0 Å². The van der Waals surface area contributed by atoms with Crippen molar-refractivity contribution in [3.63, 3.8) is 0 Å². The number of pyridine rings is 1. The van der Waals surface area contributed by atoms with Crippen LogP contribution in [0.3, 0.4) is 0 Å². The molecular weight excluding hydrogens is 216 g/mol. The van der Waals surface area contributed by atoms with Crippen LogP contribution < -0.4 is 4.72 Å². The largest absolute Gasteiger partial charge is 0.395 e. The van der Waals surface area contributed by atoms with Crippen molar-refractivity contribution >= 4 is 15.7 Å². The monoisotopic (exact) mass is 230 g/mol. The number of hydrogen-bond donors (Lipinski definition) is 2. The third kappa shape index (κ3) is 3.17. The number of hydrogen-bond acceptors (Lipinski definition) is 4. The van der Waals surface area contributed by atoms with E-state index in [1.54, 1.807) is 12.3 Å². The molecule has 0 aliphatic carbocycles. The lowest BCUT2D eigenvalue weighted by Crippen LogP contribution is -2.28. The summed E-state index contributed by atoms with van der Waals surface area (Å²) in [7, 11) is -3.52. The van der Waals surface area contributed by atoms with Crippen LogP contribution in [0.5, 0.6) is 0 Å². The quantitative estimate of drug-likeness (QED) is 0.790. The van der Waals surface area contributed by atoms with Gasteiger partial charge in [0.2, 0.25) is 10.0 Å². The summed E-state index contributed by atoms with van der Waals surface area (Å²) < 4.78 is 25.4. The third-order valence-corrected chi connectivity index (χ3v) is 3.65. The maximum absolute atomic E-state index is 11.5. The average molecular weight is 230 g/mol. The lowest BCUT2D eigenvalue weighted by atomic mass is 10.3. The Morgan fingerprint density at radius 3 is 2.73 bits per heavy atom. The minimum Gasteiger partial charge on any atom is -0.395 e. The van der Waals surface area contributed by atoms with Crippen LogP contribution in [0, 0.1) is 6.92 Å². The van der Waals surface area contributed by atoms with Gasteiger partial charge < -0.3 is 5.11 Å². The molecule has 1 unspecified atom stereocenters. The Labute approximate surface area is 89.2 Å². The Bertz CT molecular complexity index is 431. The number of rotatable bonds is 4. The lowest BCUT2D eigenvalue weighted by Gasteiger charge is -2.12. The molecule has 0 aliphatic rings. The molecule has 1 rings (SSSR count). The molecule has 6 heteroatoms. The molecule has 0 radical (unpaired) electrons. The van der Waals surface area contributed by atoms with E-state index < -0.39 is 21.9 Å². The number of nitrogens with one attached hydrogen (secondary N) is 1. The molecule has 2 N–H and O–H groups in total. The van der Waals surface area contributed by atoms with Gasteiger partial charge in [-0.3, -0.25) is 9.71 Å².